The lowest BCUT2D eigenvalue weighted by molar-refractivity contribution is -0.116. The second kappa shape index (κ2) is 7.58. The second-order valence-electron chi connectivity index (χ2n) is 5.99. The maximum absolute atomic E-state index is 12.1. The Morgan fingerprint density at radius 1 is 1.33 bits per heavy atom. The third-order valence-corrected chi connectivity index (χ3v) is 4.70. The molecule has 0 radical (unpaired) electrons. The number of nitrogens with one attached hydrogen (secondary N) is 2. The Labute approximate surface area is 158 Å². The van der Waals surface area contributed by atoms with Gasteiger partial charge in [0.05, 0.1) is 11.3 Å². The van der Waals surface area contributed by atoms with E-state index in [1.807, 2.05) is 0 Å². The average molecular weight is 386 g/mol. The van der Waals surface area contributed by atoms with Gasteiger partial charge >= 0.3 is 0 Å². The van der Waals surface area contributed by atoms with Crippen LogP contribution >= 0.6 is 11.3 Å². The van der Waals surface area contributed by atoms with Crippen LogP contribution in [0.25, 0.3) is 11.3 Å². The van der Waals surface area contributed by atoms with Crippen molar-refractivity contribution in [1.29, 1.82) is 0 Å². The smallest absolute Gasteiger partial charge is 0.265 e. The van der Waals surface area contributed by atoms with E-state index in [4.69, 9.17) is 10.2 Å². The van der Waals surface area contributed by atoms with Crippen LogP contribution < -0.4 is 11.1 Å². The van der Waals surface area contributed by atoms with Crippen LogP contribution in [-0.2, 0) is 11.2 Å². The van der Waals surface area contributed by atoms with Crippen LogP contribution in [0.1, 0.15) is 45.7 Å². The maximum Gasteiger partial charge on any atom is 0.265 e. The standard InChI is InChI=1S/C18H18N4O4S/c1-9(23)13-6-12(26-10(13)2)3-4-16(24)22-18-21-15(8-27-18)11-5-14(17(19)25)20-7-11/h5-8,20H,3-4H2,1-2H3,(H2,19,25)(H,21,22,24). The molecule has 0 saturated heterocycles. The van der Waals surface area contributed by atoms with Crippen LogP contribution in [-0.4, -0.2) is 27.6 Å². The summed E-state index contributed by atoms with van der Waals surface area (Å²) in [6, 6.07) is 3.28. The first-order valence-corrected chi connectivity index (χ1v) is 9.05. The number of ketones is 1. The summed E-state index contributed by atoms with van der Waals surface area (Å²) in [5.74, 6) is 0.335. The largest absolute Gasteiger partial charge is 0.466 e. The minimum absolute atomic E-state index is 0.0634. The quantitative estimate of drug-likeness (QED) is 0.537. The zero-order valence-electron chi connectivity index (χ0n) is 14.8. The highest BCUT2D eigenvalue weighted by Crippen LogP contribution is 2.25. The molecule has 2 amide bonds. The lowest BCUT2D eigenvalue weighted by atomic mass is 10.1. The van der Waals surface area contributed by atoms with E-state index >= 15 is 0 Å². The molecule has 3 rings (SSSR count). The average Bonchev–Trinajstić information content (AvgIpc) is 3.31. The van der Waals surface area contributed by atoms with Gasteiger partial charge in [-0.15, -0.1) is 11.3 Å². The lowest BCUT2D eigenvalue weighted by Gasteiger charge is -2.00. The number of anilines is 1. The molecule has 0 aliphatic heterocycles. The molecular formula is C18H18N4O4S. The van der Waals surface area contributed by atoms with E-state index in [1.165, 1.54) is 18.3 Å². The summed E-state index contributed by atoms with van der Waals surface area (Å²) >= 11 is 1.28. The van der Waals surface area contributed by atoms with Gasteiger partial charge in [-0.1, -0.05) is 0 Å². The summed E-state index contributed by atoms with van der Waals surface area (Å²) in [4.78, 5) is 41.8. The Morgan fingerprint density at radius 2 is 2.11 bits per heavy atom. The number of hydrogen-bond acceptors (Lipinski definition) is 6. The number of rotatable bonds is 7. The minimum atomic E-state index is -0.550. The van der Waals surface area contributed by atoms with E-state index in [0.717, 1.165) is 0 Å². The van der Waals surface area contributed by atoms with Crippen LogP contribution in [0.2, 0.25) is 0 Å². The number of nitrogens with zero attached hydrogens (tertiary/aromatic N) is 1. The molecule has 9 heteroatoms. The zero-order chi connectivity index (χ0) is 19.6. The molecule has 0 fully saturated rings. The number of carbonyl (C=O) groups is 3. The van der Waals surface area contributed by atoms with Crippen molar-refractivity contribution in [2.24, 2.45) is 5.73 Å². The van der Waals surface area contributed by atoms with Gasteiger partial charge in [0.25, 0.3) is 5.91 Å². The SMILES string of the molecule is CC(=O)c1cc(CCC(=O)Nc2nc(-c3c[nH]c(C(N)=O)c3)cs2)oc1C. The molecule has 3 aromatic heterocycles. The minimum Gasteiger partial charge on any atom is -0.466 e. The first-order chi connectivity index (χ1) is 12.8. The molecular weight excluding hydrogens is 368 g/mol. The molecule has 0 unspecified atom stereocenters. The third kappa shape index (κ3) is 4.32. The number of thiazole rings is 1. The van der Waals surface area contributed by atoms with Gasteiger partial charge in [-0.2, -0.15) is 0 Å². The topological polar surface area (TPSA) is 131 Å². The number of aryl methyl sites for hydroxylation is 2. The monoisotopic (exact) mass is 386 g/mol. The third-order valence-electron chi connectivity index (χ3n) is 3.94. The van der Waals surface area contributed by atoms with Crippen molar-refractivity contribution in [2.45, 2.75) is 26.7 Å². The van der Waals surface area contributed by atoms with Crippen molar-refractivity contribution < 1.29 is 18.8 Å². The van der Waals surface area contributed by atoms with Gasteiger partial charge in [0.1, 0.15) is 17.2 Å². The van der Waals surface area contributed by atoms with Gasteiger partial charge in [-0.25, -0.2) is 4.98 Å². The van der Waals surface area contributed by atoms with Crippen LogP contribution in [0.3, 0.4) is 0 Å². The van der Waals surface area contributed by atoms with Crippen molar-refractivity contribution in [2.75, 3.05) is 5.32 Å². The molecule has 0 spiro atoms. The number of Topliss-reactive ketones (excluding diaryl/α,β-unsaturated/α-hetero) is 1. The van der Waals surface area contributed by atoms with E-state index in [9.17, 15) is 14.4 Å². The first kappa shape index (κ1) is 18.6. The summed E-state index contributed by atoms with van der Waals surface area (Å²) < 4.78 is 5.51. The molecule has 0 saturated carbocycles. The molecule has 0 bridgehead atoms. The predicted molar refractivity (Wildman–Crippen MR) is 101 cm³/mol. The number of carbonyl (C=O) groups excluding carboxylic acids is 3. The van der Waals surface area contributed by atoms with E-state index in [1.54, 1.807) is 30.6 Å². The molecule has 3 aromatic rings. The Balaban J connectivity index is 1.58. The Kier molecular flexibility index (Phi) is 5.22. The van der Waals surface area contributed by atoms with Crippen LogP contribution in [0, 0.1) is 6.92 Å². The maximum atomic E-state index is 12.1. The van der Waals surface area contributed by atoms with E-state index in [2.05, 4.69) is 15.3 Å². The fourth-order valence-corrected chi connectivity index (χ4v) is 3.32. The second-order valence-corrected chi connectivity index (χ2v) is 6.85. The molecule has 0 aromatic carbocycles. The summed E-state index contributed by atoms with van der Waals surface area (Å²) in [5.41, 5.74) is 7.39. The molecule has 0 aliphatic carbocycles. The van der Waals surface area contributed by atoms with Gasteiger partial charge in [0, 0.05) is 30.0 Å². The molecule has 0 atom stereocenters. The number of H-pyrrole nitrogens is 1. The molecule has 8 nitrogen and oxygen atoms in total. The highest BCUT2D eigenvalue weighted by Gasteiger charge is 2.14. The Hall–Kier alpha value is -3.20. The highest BCUT2D eigenvalue weighted by atomic mass is 32.1. The van der Waals surface area contributed by atoms with Gasteiger partial charge in [0.2, 0.25) is 5.91 Å². The molecule has 0 aliphatic rings. The number of primary amides is 1. The number of nitrogens with two attached hydrogens (primary N) is 1. The lowest BCUT2D eigenvalue weighted by Crippen LogP contribution is -2.12. The van der Waals surface area contributed by atoms with Gasteiger partial charge < -0.3 is 20.5 Å². The molecule has 3 heterocycles. The van der Waals surface area contributed by atoms with Crippen molar-refractivity contribution in [3.05, 3.63) is 46.5 Å². The van der Waals surface area contributed by atoms with Crippen molar-refractivity contribution in [3.63, 3.8) is 0 Å². The van der Waals surface area contributed by atoms with Crippen molar-refractivity contribution >= 4 is 34.1 Å². The summed E-state index contributed by atoms with van der Waals surface area (Å²) in [5, 5.41) is 4.97. The summed E-state index contributed by atoms with van der Waals surface area (Å²) in [7, 11) is 0. The van der Waals surface area contributed by atoms with Crippen molar-refractivity contribution in [1.82, 2.24) is 9.97 Å². The van der Waals surface area contributed by atoms with Crippen LogP contribution in [0.4, 0.5) is 5.13 Å². The molecule has 27 heavy (non-hydrogen) atoms. The van der Waals surface area contributed by atoms with Gasteiger partial charge in [-0.3, -0.25) is 14.4 Å². The zero-order valence-corrected chi connectivity index (χ0v) is 15.6. The van der Waals surface area contributed by atoms with Crippen LogP contribution in [0.15, 0.2) is 28.1 Å². The van der Waals surface area contributed by atoms with Crippen LogP contribution in [0.5, 0.6) is 0 Å². The number of furan rings is 1. The fourth-order valence-electron chi connectivity index (χ4n) is 2.58. The Bertz CT molecular complexity index is 1010. The predicted octanol–water partition coefficient (Wildman–Crippen LogP) is 2.91. The molecule has 140 valence electrons. The fraction of sp³-hybridized carbons (Fsp3) is 0.222. The number of amides is 2. The van der Waals surface area contributed by atoms with E-state index in [0.29, 0.717) is 45.6 Å². The van der Waals surface area contributed by atoms with E-state index < -0.39 is 5.91 Å². The normalized spacial score (nSPS) is 10.7. The first-order valence-electron chi connectivity index (χ1n) is 8.17. The highest BCUT2D eigenvalue weighted by molar-refractivity contribution is 7.14. The Morgan fingerprint density at radius 3 is 2.74 bits per heavy atom. The summed E-state index contributed by atoms with van der Waals surface area (Å²) in [6.45, 7) is 3.20. The number of hydrogen-bond donors (Lipinski definition) is 3. The number of aromatic nitrogens is 2. The van der Waals surface area contributed by atoms with Gasteiger partial charge in [0.15, 0.2) is 10.9 Å². The molecule has 4 N–H and O–H groups in total. The number of aromatic amines is 1. The van der Waals surface area contributed by atoms with E-state index in [-0.39, 0.29) is 18.1 Å². The van der Waals surface area contributed by atoms with Gasteiger partial charge in [-0.05, 0) is 26.0 Å². The van der Waals surface area contributed by atoms with Crippen molar-refractivity contribution in [3.8, 4) is 11.3 Å². The summed E-state index contributed by atoms with van der Waals surface area (Å²) in [6.07, 6.45) is 2.22.